The standard InChI is InChI=1S/C10H9Br2ClN2O/c11-3-6-1-10(16)15(5-6)8-2-9(13)14-4-7(8)12/h2,4,6H,1,3,5H2. The molecule has 1 aromatic rings. The van der Waals surface area contributed by atoms with Crippen LogP contribution in [0.2, 0.25) is 5.15 Å². The van der Waals surface area contributed by atoms with E-state index in [0.29, 0.717) is 17.5 Å². The van der Waals surface area contributed by atoms with Crippen molar-refractivity contribution < 1.29 is 4.79 Å². The van der Waals surface area contributed by atoms with Crippen LogP contribution in [0, 0.1) is 5.92 Å². The zero-order chi connectivity index (χ0) is 11.7. The Balaban J connectivity index is 2.30. The van der Waals surface area contributed by atoms with Crippen LogP contribution in [-0.2, 0) is 4.79 Å². The van der Waals surface area contributed by atoms with E-state index in [2.05, 4.69) is 36.8 Å². The van der Waals surface area contributed by atoms with Crippen molar-refractivity contribution in [3.8, 4) is 0 Å². The molecule has 0 aliphatic carbocycles. The van der Waals surface area contributed by atoms with Crippen molar-refractivity contribution in [1.29, 1.82) is 0 Å². The molecule has 1 aliphatic heterocycles. The van der Waals surface area contributed by atoms with Crippen molar-refractivity contribution in [2.45, 2.75) is 6.42 Å². The summed E-state index contributed by atoms with van der Waals surface area (Å²) in [5.74, 6) is 0.499. The SMILES string of the molecule is O=C1CC(CBr)CN1c1cc(Cl)ncc1Br. The fourth-order valence-electron chi connectivity index (χ4n) is 1.73. The summed E-state index contributed by atoms with van der Waals surface area (Å²) in [6, 6.07) is 1.71. The minimum Gasteiger partial charge on any atom is -0.311 e. The van der Waals surface area contributed by atoms with Gasteiger partial charge in [-0.2, -0.15) is 0 Å². The highest BCUT2D eigenvalue weighted by Crippen LogP contribution is 2.32. The molecule has 2 rings (SSSR count). The summed E-state index contributed by atoms with van der Waals surface area (Å²) in [6.07, 6.45) is 2.20. The second kappa shape index (κ2) is 5.02. The Hall–Kier alpha value is -0.130. The molecule has 1 aliphatic rings. The fourth-order valence-corrected chi connectivity index (χ4v) is 2.74. The quantitative estimate of drug-likeness (QED) is 0.593. The Bertz CT molecular complexity index is 427. The summed E-state index contributed by atoms with van der Waals surface area (Å²) < 4.78 is 0.792. The molecule has 2 heterocycles. The number of anilines is 1. The fraction of sp³-hybridized carbons (Fsp3) is 0.400. The highest BCUT2D eigenvalue weighted by Gasteiger charge is 2.31. The second-order valence-electron chi connectivity index (χ2n) is 3.69. The van der Waals surface area contributed by atoms with Crippen molar-refractivity contribution in [2.24, 2.45) is 5.92 Å². The Labute approximate surface area is 115 Å². The molecule has 0 spiro atoms. The minimum atomic E-state index is 0.132. The normalized spacial score (nSPS) is 20.6. The van der Waals surface area contributed by atoms with E-state index >= 15 is 0 Å². The number of carbonyl (C=O) groups excluding carboxylic acids is 1. The summed E-state index contributed by atoms with van der Waals surface area (Å²) in [7, 11) is 0. The van der Waals surface area contributed by atoms with E-state index in [1.165, 1.54) is 0 Å². The Morgan fingerprint density at radius 2 is 2.38 bits per heavy atom. The molecule has 0 N–H and O–H groups in total. The number of aromatic nitrogens is 1. The van der Waals surface area contributed by atoms with Crippen LogP contribution >= 0.6 is 43.5 Å². The smallest absolute Gasteiger partial charge is 0.227 e. The lowest BCUT2D eigenvalue weighted by Crippen LogP contribution is -2.25. The second-order valence-corrected chi connectivity index (χ2v) is 5.58. The maximum atomic E-state index is 11.8. The largest absolute Gasteiger partial charge is 0.311 e. The molecule has 3 nitrogen and oxygen atoms in total. The van der Waals surface area contributed by atoms with Crippen molar-refractivity contribution in [3.05, 3.63) is 21.9 Å². The van der Waals surface area contributed by atoms with Gasteiger partial charge in [0.05, 0.1) is 10.2 Å². The average molecular weight is 368 g/mol. The monoisotopic (exact) mass is 366 g/mol. The van der Waals surface area contributed by atoms with Gasteiger partial charge in [0.25, 0.3) is 0 Å². The van der Waals surface area contributed by atoms with Crippen molar-refractivity contribution >= 4 is 55.1 Å². The number of alkyl halides is 1. The highest BCUT2D eigenvalue weighted by molar-refractivity contribution is 9.10. The van der Waals surface area contributed by atoms with E-state index in [1.807, 2.05) is 0 Å². The van der Waals surface area contributed by atoms with Gasteiger partial charge in [0, 0.05) is 30.6 Å². The average Bonchev–Trinajstić information content (AvgIpc) is 2.63. The number of rotatable bonds is 2. The molecule has 0 radical (unpaired) electrons. The number of hydrogen-bond donors (Lipinski definition) is 0. The predicted octanol–water partition coefficient (Wildman–Crippen LogP) is 3.25. The van der Waals surface area contributed by atoms with Gasteiger partial charge in [0.2, 0.25) is 5.91 Å². The van der Waals surface area contributed by atoms with Gasteiger partial charge in [-0.3, -0.25) is 4.79 Å². The number of hydrogen-bond acceptors (Lipinski definition) is 2. The molecule has 86 valence electrons. The summed E-state index contributed by atoms with van der Waals surface area (Å²) >= 11 is 12.6. The zero-order valence-corrected chi connectivity index (χ0v) is 12.2. The van der Waals surface area contributed by atoms with E-state index in [4.69, 9.17) is 11.6 Å². The van der Waals surface area contributed by atoms with Gasteiger partial charge in [0.15, 0.2) is 0 Å². The van der Waals surface area contributed by atoms with Gasteiger partial charge in [-0.1, -0.05) is 27.5 Å². The number of amides is 1. The first-order valence-electron chi connectivity index (χ1n) is 4.79. The number of carbonyl (C=O) groups is 1. The van der Waals surface area contributed by atoms with Gasteiger partial charge in [-0.15, -0.1) is 0 Å². The number of nitrogens with zero attached hydrogens (tertiary/aromatic N) is 2. The van der Waals surface area contributed by atoms with Crippen LogP contribution in [0.4, 0.5) is 5.69 Å². The summed E-state index contributed by atoms with van der Waals surface area (Å²) in [5, 5.41) is 1.24. The van der Waals surface area contributed by atoms with Crippen LogP contribution in [-0.4, -0.2) is 22.8 Å². The summed E-state index contributed by atoms with van der Waals surface area (Å²) in [4.78, 5) is 17.5. The summed E-state index contributed by atoms with van der Waals surface area (Å²) in [5.41, 5.74) is 0.799. The highest BCUT2D eigenvalue weighted by atomic mass is 79.9. The van der Waals surface area contributed by atoms with Crippen LogP contribution in [0.5, 0.6) is 0 Å². The molecule has 1 amide bonds. The van der Waals surface area contributed by atoms with Gasteiger partial charge in [-0.25, -0.2) is 4.98 Å². The molecule has 1 unspecified atom stereocenters. The molecular formula is C10H9Br2ClN2O. The number of pyridine rings is 1. The lowest BCUT2D eigenvalue weighted by Gasteiger charge is -2.17. The summed E-state index contributed by atoms with van der Waals surface area (Å²) in [6.45, 7) is 0.725. The minimum absolute atomic E-state index is 0.132. The lowest BCUT2D eigenvalue weighted by atomic mass is 10.2. The third-order valence-corrected chi connectivity index (χ3v) is 4.25. The molecule has 1 fully saturated rings. The Morgan fingerprint density at radius 3 is 3.00 bits per heavy atom. The van der Waals surface area contributed by atoms with Crippen LogP contribution in [0.1, 0.15) is 6.42 Å². The Morgan fingerprint density at radius 1 is 1.62 bits per heavy atom. The first kappa shape index (κ1) is 12.3. The van der Waals surface area contributed by atoms with Gasteiger partial charge in [-0.05, 0) is 21.8 Å². The molecular weight excluding hydrogens is 359 g/mol. The third-order valence-electron chi connectivity index (χ3n) is 2.52. The van der Waals surface area contributed by atoms with E-state index < -0.39 is 0 Å². The molecule has 0 bridgehead atoms. The van der Waals surface area contributed by atoms with Crippen molar-refractivity contribution in [2.75, 3.05) is 16.8 Å². The first-order chi connectivity index (χ1) is 7.61. The van der Waals surface area contributed by atoms with E-state index in [1.54, 1.807) is 17.2 Å². The van der Waals surface area contributed by atoms with Crippen molar-refractivity contribution in [3.63, 3.8) is 0 Å². The lowest BCUT2D eigenvalue weighted by molar-refractivity contribution is -0.117. The molecule has 1 saturated heterocycles. The van der Waals surface area contributed by atoms with Crippen LogP contribution in [0.15, 0.2) is 16.7 Å². The zero-order valence-electron chi connectivity index (χ0n) is 8.29. The van der Waals surface area contributed by atoms with Crippen LogP contribution in [0.25, 0.3) is 0 Å². The topological polar surface area (TPSA) is 33.2 Å². The van der Waals surface area contributed by atoms with Crippen LogP contribution < -0.4 is 4.90 Å². The van der Waals surface area contributed by atoms with Gasteiger partial charge in [0.1, 0.15) is 5.15 Å². The molecule has 1 atom stereocenters. The van der Waals surface area contributed by atoms with E-state index in [9.17, 15) is 4.79 Å². The number of halogens is 3. The van der Waals surface area contributed by atoms with Crippen LogP contribution in [0.3, 0.4) is 0 Å². The van der Waals surface area contributed by atoms with E-state index in [0.717, 1.165) is 22.0 Å². The van der Waals surface area contributed by atoms with E-state index in [-0.39, 0.29) is 5.91 Å². The molecule has 16 heavy (non-hydrogen) atoms. The molecule has 6 heteroatoms. The maximum Gasteiger partial charge on any atom is 0.227 e. The maximum absolute atomic E-state index is 11.8. The third kappa shape index (κ3) is 2.41. The van der Waals surface area contributed by atoms with Gasteiger partial charge < -0.3 is 4.90 Å². The molecule has 1 aromatic heterocycles. The predicted molar refractivity (Wildman–Crippen MR) is 71.2 cm³/mol. The first-order valence-corrected chi connectivity index (χ1v) is 7.08. The van der Waals surface area contributed by atoms with Crippen molar-refractivity contribution in [1.82, 2.24) is 4.98 Å². The molecule has 0 saturated carbocycles. The van der Waals surface area contributed by atoms with Gasteiger partial charge >= 0.3 is 0 Å². The molecule has 0 aromatic carbocycles. The Kier molecular flexibility index (Phi) is 3.87.